The summed E-state index contributed by atoms with van der Waals surface area (Å²) in [7, 11) is 0. The van der Waals surface area contributed by atoms with Gasteiger partial charge >= 0.3 is 6.18 Å². The number of alkyl halides is 3. The molecule has 17 heavy (non-hydrogen) atoms. The summed E-state index contributed by atoms with van der Waals surface area (Å²) < 4.78 is 36.1. The summed E-state index contributed by atoms with van der Waals surface area (Å²) >= 11 is 2.97. The van der Waals surface area contributed by atoms with Gasteiger partial charge in [-0.15, -0.1) is 0 Å². The molecule has 0 radical (unpaired) electrons. The quantitative estimate of drug-likeness (QED) is 0.688. The van der Waals surface area contributed by atoms with Crippen molar-refractivity contribution >= 4 is 27.4 Å². The maximum atomic E-state index is 12.0. The monoisotopic (exact) mass is 313 g/mol. The van der Waals surface area contributed by atoms with Crippen molar-refractivity contribution in [3.05, 3.63) is 26.3 Å². The topological polar surface area (TPSA) is 68.1 Å². The van der Waals surface area contributed by atoms with E-state index in [9.17, 15) is 23.3 Å². The Labute approximate surface area is 102 Å². The molecule has 0 fully saturated rings. The van der Waals surface area contributed by atoms with E-state index in [0.29, 0.717) is 0 Å². The number of nitrogens with zero attached hydrogens (tertiary/aromatic N) is 2. The number of nitro groups is 1. The van der Waals surface area contributed by atoms with E-state index < -0.39 is 17.6 Å². The average molecular weight is 314 g/mol. The zero-order valence-electron chi connectivity index (χ0n) is 8.51. The average Bonchev–Trinajstić information content (AvgIpc) is 2.18. The van der Waals surface area contributed by atoms with Crippen LogP contribution in [0.15, 0.2) is 10.7 Å². The second-order valence-corrected chi connectivity index (χ2v) is 3.95. The molecule has 0 bridgehead atoms. The summed E-state index contributed by atoms with van der Waals surface area (Å²) in [5.74, 6) is -0.0783. The molecule has 1 N–H and O–H groups in total. The lowest BCUT2D eigenvalue weighted by molar-refractivity contribution is -0.385. The van der Waals surface area contributed by atoms with Gasteiger partial charge in [0.1, 0.15) is 18.6 Å². The molecule has 0 aromatic carbocycles. The molecule has 1 aromatic heterocycles. The molecule has 1 aromatic rings. The van der Waals surface area contributed by atoms with Crippen molar-refractivity contribution in [1.82, 2.24) is 4.98 Å². The summed E-state index contributed by atoms with van der Waals surface area (Å²) in [6.45, 7) is 0.165. The summed E-state index contributed by atoms with van der Waals surface area (Å²) in [6, 6.07) is 0. The Kier molecular flexibility index (Phi) is 3.91. The summed E-state index contributed by atoms with van der Waals surface area (Å²) in [5.41, 5.74) is -0.0379. The maximum Gasteiger partial charge on any atom is 0.405 e. The van der Waals surface area contributed by atoms with Crippen molar-refractivity contribution < 1.29 is 18.1 Å². The van der Waals surface area contributed by atoms with Crippen molar-refractivity contribution in [2.24, 2.45) is 0 Å². The number of aromatic nitrogens is 1. The van der Waals surface area contributed by atoms with E-state index in [4.69, 9.17) is 0 Å². The highest BCUT2D eigenvalue weighted by Gasteiger charge is 2.28. The van der Waals surface area contributed by atoms with Crippen molar-refractivity contribution in [2.75, 3.05) is 11.9 Å². The molecular formula is C8H7BrF3N3O2. The molecular weight excluding hydrogens is 307 g/mol. The van der Waals surface area contributed by atoms with Crippen LogP contribution in [0.2, 0.25) is 0 Å². The minimum absolute atomic E-state index is 0.0783. The van der Waals surface area contributed by atoms with Crippen LogP contribution in [0.3, 0.4) is 0 Å². The zero-order valence-corrected chi connectivity index (χ0v) is 10.1. The lowest BCUT2D eigenvalue weighted by atomic mass is 10.2. The van der Waals surface area contributed by atoms with Gasteiger partial charge in [0.2, 0.25) is 0 Å². The van der Waals surface area contributed by atoms with Crippen LogP contribution in [0, 0.1) is 17.0 Å². The molecule has 0 atom stereocenters. The molecule has 94 valence electrons. The first-order valence-electron chi connectivity index (χ1n) is 4.32. The Hall–Kier alpha value is -1.38. The molecule has 0 saturated carbocycles. The highest BCUT2D eigenvalue weighted by Crippen LogP contribution is 2.31. The number of pyridine rings is 1. The zero-order chi connectivity index (χ0) is 13.2. The molecule has 0 aliphatic rings. The Balaban J connectivity index is 2.97. The molecule has 0 spiro atoms. The first kappa shape index (κ1) is 13.7. The van der Waals surface area contributed by atoms with Gasteiger partial charge in [0.15, 0.2) is 0 Å². The molecule has 1 rings (SSSR count). The fourth-order valence-electron chi connectivity index (χ4n) is 1.06. The van der Waals surface area contributed by atoms with Crippen molar-refractivity contribution in [2.45, 2.75) is 13.1 Å². The number of hydrogen-bond acceptors (Lipinski definition) is 4. The van der Waals surface area contributed by atoms with Crippen molar-refractivity contribution in [3.63, 3.8) is 0 Å². The second kappa shape index (κ2) is 4.86. The number of nitrogens with one attached hydrogen (secondary N) is 1. The first-order chi connectivity index (χ1) is 7.72. The van der Waals surface area contributed by atoms with E-state index in [1.807, 2.05) is 0 Å². The van der Waals surface area contributed by atoms with E-state index in [2.05, 4.69) is 26.2 Å². The van der Waals surface area contributed by atoms with Crippen molar-refractivity contribution in [3.8, 4) is 0 Å². The number of halogens is 4. The Morgan fingerprint density at radius 2 is 2.18 bits per heavy atom. The highest BCUT2D eigenvalue weighted by atomic mass is 79.9. The van der Waals surface area contributed by atoms with Crippen LogP contribution in [-0.4, -0.2) is 22.6 Å². The molecule has 0 aliphatic heterocycles. The lowest BCUT2D eigenvalue weighted by Crippen LogP contribution is -2.22. The smallest absolute Gasteiger partial charge is 0.360 e. The third-order valence-electron chi connectivity index (χ3n) is 1.89. The summed E-state index contributed by atoms with van der Waals surface area (Å²) in [4.78, 5) is 13.5. The number of hydrogen-bond donors (Lipinski definition) is 1. The fourth-order valence-corrected chi connectivity index (χ4v) is 1.51. The predicted octanol–water partition coefficient (Wildman–Crippen LogP) is 3.03. The van der Waals surface area contributed by atoms with Gasteiger partial charge < -0.3 is 5.32 Å². The molecule has 9 heteroatoms. The standard InChI is InChI=1S/C8H7BrF3N3O2/c1-4-5(15(16)17)2-13-7(6(4)9)14-3-8(10,11)12/h2H,3H2,1H3,(H,13,14). The molecule has 1 heterocycles. The van der Waals surface area contributed by atoms with E-state index in [0.717, 1.165) is 6.20 Å². The third-order valence-corrected chi connectivity index (χ3v) is 2.86. The Morgan fingerprint density at radius 1 is 1.59 bits per heavy atom. The summed E-state index contributed by atoms with van der Waals surface area (Å²) in [5, 5.41) is 12.6. The van der Waals surface area contributed by atoms with Gasteiger partial charge in [-0.1, -0.05) is 0 Å². The van der Waals surface area contributed by atoms with Gasteiger partial charge in [-0.25, -0.2) is 4.98 Å². The van der Waals surface area contributed by atoms with Gasteiger partial charge in [-0.2, -0.15) is 13.2 Å². The van der Waals surface area contributed by atoms with Crippen LogP contribution in [0.4, 0.5) is 24.7 Å². The van der Waals surface area contributed by atoms with Gasteiger partial charge in [0, 0.05) is 5.56 Å². The third kappa shape index (κ3) is 3.55. The van der Waals surface area contributed by atoms with Crippen LogP contribution >= 0.6 is 15.9 Å². The van der Waals surface area contributed by atoms with Crippen LogP contribution in [0.5, 0.6) is 0 Å². The number of rotatable bonds is 3. The Bertz CT molecular complexity index is 450. The van der Waals surface area contributed by atoms with Crippen LogP contribution in [-0.2, 0) is 0 Å². The molecule has 5 nitrogen and oxygen atoms in total. The minimum atomic E-state index is -4.38. The second-order valence-electron chi connectivity index (χ2n) is 3.16. The molecule has 0 aliphatic carbocycles. The minimum Gasteiger partial charge on any atom is -0.360 e. The van der Waals surface area contributed by atoms with Crippen LogP contribution < -0.4 is 5.32 Å². The van der Waals surface area contributed by atoms with Crippen LogP contribution in [0.25, 0.3) is 0 Å². The first-order valence-corrected chi connectivity index (χ1v) is 5.12. The van der Waals surface area contributed by atoms with E-state index >= 15 is 0 Å². The Morgan fingerprint density at radius 3 is 2.65 bits per heavy atom. The molecule has 0 amide bonds. The van der Waals surface area contributed by atoms with Gasteiger partial charge in [0.25, 0.3) is 5.69 Å². The fraction of sp³-hybridized carbons (Fsp3) is 0.375. The molecule has 0 unspecified atom stereocenters. The SMILES string of the molecule is Cc1c([N+](=O)[O-])cnc(NCC(F)(F)F)c1Br. The predicted molar refractivity (Wildman–Crippen MR) is 57.9 cm³/mol. The largest absolute Gasteiger partial charge is 0.405 e. The van der Waals surface area contributed by atoms with Gasteiger partial charge in [0.05, 0.1) is 9.40 Å². The lowest BCUT2D eigenvalue weighted by Gasteiger charge is -2.11. The number of anilines is 1. The van der Waals surface area contributed by atoms with Gasteiger partial charge in [-0.3, -0.25) is 10.1 Å². The molecule has 0 saturated heterocycles. The van der Waals surface area contributed by atoms with Crippen molar-refractivity contribution in [1.29, 1.82) is 0 Å². The maximum absolute atomic E-state index is 12.0. The van der Waals surface area contributed by atoms with E-state index in [1.165, 1.54) is 6.92 Å². The van der Waals surface area contributed by atoms with Crippen LogP contribution in [0.1, 0.15) is 5.56 Å². The van der Waals surface area contributed by atoms with E-state index in [-0.39, 0.29) is 21.5 Å². The normalized spacial score (nSPS) is 11.4. The van der Waals surface area contributed by atoms with Gasteiger partial charge in [-0.05, 0) is 22.9 Å². The van der Waals surface area contributed by atoms with E-state index in [1.54, 1.807) is 0 Å². The highest BCUT2D eigenvalue weighted by molar-refractivity contribution is 9.10. The summed E-state index contributed by atoms with van der Waals surface area (Å²) in [6.07, 6.45) is -3.46.